The van der Waals surface area contributed by atoms with Gasteiger partial charge in [-0.15, -0.1) is 0 Å². The zero-order valence-electron chi connectivity index (χ0n) is 16.9. The number of sulfonamides is 1. The van der Waals surface area contributed by atoms with Gasteiger partial charge in [-0.25, -0.2) is 12.7 Å². The van der Waals surface area contributed by atoms with Crippen LogP contribution in [-0.4, -0.2) is 31.6 Å². The van der Waals surface area contributed by atoms with Gasteiger partial charge in [0, 0.05) is 25.3 Å². The summed E-state index contributed by atoms with van der Waals surface area (Å²) in [6.45, 7) is 3.16. The molecule has 0 bridgehead atoms. The first-order valence-electron chi connectivity index (χ1n) is 9.65. The van der Waals surface area contributed by atoms with Gasteiger partial charge in [0.2, 0.25) is 10.0 Å². The van der Waals surface area contributed by atoms with Crippen LogP contribution in [0.25, 0.3) is 0 Å². The molecule has 1 heterocycles. The van der Waals surface area contributed by atoms with Crippen LogP contribution in [0.2, 0.25) is 5.02 Å². The van der Waals surface area contributed by atoms with Gasteiger partial charge in [-0.3, -0.25) is 0 Å². The van der Waals surface area contributed by atoms with E-state index in [0.29, 0.717) is 11.3 Å². The monoisotopic (exact) mass is 473 g/mol. The molecule has 1 saturated heterocycles. The molecule has 0 radical (unpaired) electrons. The predicted molar refractivity (Wildman–Crippen MR) is 115 cm³/mol. The summed E-state index contributed by atoms with van der Waals surface area (Å²) in [6, 6.07) is 11.9. The van der Waals surface area contributed by atoms with Crippen LogP contribution in [0.3, 0.4) is 0 Å². The van der Waals surface area contributed by atoms with Crippen molar-refractivity contribution in [3.63, 3.8) is 0 Å². The third kappa shape index (κ3) is 7.13. The van der Waals surface area contributed by atoms with E-state index >= 15 is 0 Å². The summed E-state index contributed by atoms with van der Waals surface area (Å²) in [5.74, 6) is 0.243. The van der Waals surface area contributed by atoms with Crippen molar-refractivity contribution in [3.8, 4) is 6.07 Å². The van der Waals surface area contributed by atoms with E-state index < -0.39 is 21.8 Å². The lowest BCUT2D eigenvalue weighted by Crippen LogP contribution is -2.29. The highest BCUT2D eigenvalue weighted by atomic mass is 35.5. The minimum atomic E-state index is -4.39. The van der Waals surface area contributed by atoms with Gasteiger partial charge in [0.05, 0.1) is 21.9 Å². The maximum atomic E-state index is 12.9. The van der Waals surface area contributed by atoms with E-state index in [1.54, 1.807) is 23.4 Å². The maximum Gasteiger partial charge on any atom is 0.416 e. The highest BCUT2D eigenvalue weighted by molar-refractivity contribution is 7.89. The Morgan fingerprint density at radius 1 is 1.16 bits per heavy atom. The first-order chi connectivity index (χ1) is 14.6. The molecule has 0 amide bonds. The van der Waals surface area contributed by atoms with Crippen molar-refractivity contribution in [1.82, 2.24) is 4.31 Å². The summed E-state index contributed by atoms with van der Waals surface area (Å²) in [7, 11) is -2.86. The highest BCUT2D eigenvalue weighted by Gasteiger charge is 2.32. The lowest BCUT2D eigenvalue weighted by atomic mass is 10.1. The summed E-state index contributed by atoms with van der Waals surface area (Å²) in [5, 5.41) is 11.9. The quantitative estimate of drug-likeness (QED) is 0.641. The fourth-order valence-corrected chi connectivity index (χ4v) is 4.42. The van der Waals surface area contributed by atoms with Crippen LogP contribution in [0.4, 0.5) is 18.9 Å². The zero-order valence-corrected chi connectivity index (χ0v) is 18.5. The van der Waals surface area contributed by atoms with Crippen LogP contribution in [0.5, 0.6) is 0 Å². The average Bonchev–Trinajstić information content (AvgIpc) is 3.28. The first-order valence-corrected chi connectivity index (χ1v) is 11.6. The molecule has 31 heavy (non-hydrogen) atoms. The summed E-state index contributed by atoms with van der Waals surface area (Å²) < 4.78 is 62.4. The molecule has 1 fully saturated rings. The number of rotatable bonds is 5. The van der Waals surface area contributed by atoms with Gasteiger partial charge in [0.15, 0.2) is 0 Å². The molecule has 0 atom stereocenters. The minimum Gasteiger partial charge on any atom is -0.381 e. The van der Waals surface area contributed by atoms with Crippen LogP contribution in [0.1, 0.15) is 36.5 Å². The Bertz CT molecular complexity index is 1030. The largest absolute Gasteiger partial charge is 0.416 e. The van der Waals surface area contributed by atoms with Crippen LogP contribution in [-0.2, 0) is 22.7 Å². The SMILES string of the molecule is CCS(=O)(=O)N1CCCC1.N#Cc1ccc(NCc2ccccc2C(F)(F)F)cc1Cl. The summed E-state index contributed by atoms with van der Waals surface area (Å²) in [6.07, 6.45) is -2.33. The lowest BCUT2D eigenvalue weighted by Gasteiger charge is -2.14. The first kappa shape index (κ1) is 25.0. The van der Waals surface area contributed by atoms with E-state index in [4.69, 9.17) is 16.9 Å². The number of anilines is 1. The van der Waals surface area contributed by atoms with Crippen LogP contribution in [0.15, 0.2) is 42.5 Å². The number of halogens is 4. The zero-order chi connectivity index (χ0) is 23.1. The molecule has 3 rings (SSSR count). The smallest absolute Gasteiger partial charge is 0.381 e. The molecule has 0 saturated carbocycles. The third-order valence-electron chi connectivity index (χ3n) is 4.72. The molecule has 1 N–H and O–H groups in total. The normalized spacial score (nSPS) is 14.5. The standard InChI is InChI=1S/C15H10ClF3N2.C6H13NO2S/c16-14-7-12(6-5-10(14)8-20)21-9-11-3-1-2-4-13(11)15(17,18)19;1-2-10(8,9)7-5-3-4-6-7/h1-7,21H,9H2;2-6H2,1H3. The molecule has 0 unspecified atom stereocenters. The van der Waals surface area contributed by atoms with E-state index in [-0.39, 0.29) is 22.9 Å². The van der Waals surface area contributed by atoms with Crippen LogP contribution < -0.4 is 5.32 Å². The Hall–Kier alpha value is -2.28. The Kier molecular flexibility index (Phi) is 8.74. The van der Waals surface area contributed by atoms with E-state index in [0.717, 1.165) is 32.0 Å². The number of alkyl halides is 3. The van der Waals surface area contributed by atoms with Crippen molar-refractivity contribution in [2.75, 3.05) is 24.2 Å². The molecule has 0 aromatic heterocycles. The van der Waals surface area contributed by atoms with Crippen LogP contribution in [0, 0.1) is 11.3 Å². The second-order valence-electron chi connectivity index (χ2n) is 6.82. The molecule has 1 aliphatic rings. The van der Waals surface area contributed by atoms with E-state index in [9.17, 15) is 21.6 Å². The lowest BCUT2D eigenvalue weighted by molar-refractivity contribution is -0.138. The molecule has 168 valence electrons. The predicted octanol–water partition coefficient (Wildman–Crippen LogP) is 5.27. The number of nitrogens with zero attached hydrogens (tertiary/aromatic N) is 2. The Morgan fingerprint density at radius 3 is 2.35 bits per heavy atom. The number of nitrogens with one attached hydrogen (secondary N) is 1. The van der Waals surface area contributed by atoms with Gasteiger partial charge in [-0.05, 0) is 49.6 Å². The maximum absolute atomic E-state index is 12.9. The average molecular weight is 474 g/mol. The molecule has 0 aliphatic carbocycles. The van der Waals surface area contributed by atoms with E-state index in [1.165, 1.54) is 24.3 Å². The van der Waals surface area contributed by atoms with Crippen molar-refractivity contribution >= 4 is 27.3 Å². The highest BCUT2D eigenvalue weighted by Crippen LogP contribution is 2.32. The van der Waals surface area contributed by atoms with Crippen molar-refractivity contribution in [3.05, 3.63) is 64.2 Å². The molecular formula is C21H23ClF3N3O2S. The van der Waals surface area contributed by atoms with E-state index in [2.05, 4.69) is 5.32 Å². The van der Waals surface area contributed by atoms with Crippen molar-refractivity contribution in [2.45, 2.75) is 32.5 Å². The van der Waals surface area contributed by atoms with Gasteiger partial charge < -0.3 is 5.32 Å². The summed E-state index contributed by atoms with van der Waals surface area (Å²) in [5.41, 5.74) is 0.344. The van der Waals surface area contributed by atoms with Crippen molar-refractivity contribution < 1.29 is 21.6 Å². The molecule has 2 aromatic rings. The minimum absolute atomic E-state index is 0.0118. The fourth-order valence-electron chi connectivity index (χ4n) is 3.01. The topological polar surface area (TPSA) is 73.2 Å². The second kappa shape index (κ2) is 10.8. The third-order valence-corrected chi connectivity index (χ3v) is 6.91. The molecule has 1 aliphatic heterocycles. The number of benzene rings is 2. The molecule has 5 nitrogen and oxygen atoms in total. The summed E-state index contributed by atoms with van der Waals surface area (Å²) >= 11 is 5.87. The van der Waals surface area contributed by atoms with E-state index in [1.807, 2.05) is 6.07 Å². The Morgan fingerprint density at radius 2 is 1.81 bits per heavy atom. The number of hydrogen-bond donors (Lipinski definition) is 1. The van der Waals surface area contributed by atoms with Crippen molar-refractivity contribution in [1.29, 1.82) is 5.26 Å². The Balaban J connectivity index is 0.000000285. The molecular weight excluding hydrogens is 451 g/mol. The fraction of sp³-hybridized carbons (Fsp3) is 0.381. The molecule has 2 aromatic carbocycles. The van der Waals surface area contributed by atoms with Gasteiger partial charge in [-0.1, -0.05) is 29.8 Å². The van der Waals surface area contributed by atoms with Crippen molar-refractivity contribution in [2.24, 2.45) is 0 Å². The molecule has 0 spiro atoms. The summed E-state index contributed by atoms with van der Waals surface area (Å²) in [4.78, 5) is 0. The van der Waals surface area contributed by atoms with Gasteiger partial charge in [0.1, 0.15) is 6.07 Å². The van der Waals surface area contributed by atoms with Gasteiger partial charge in [0.25, 0.3) is 0 Å². The number of nitriles is 1. The Labute approximate surface area is 185 Å². The second-order valence-corrected chi connectivity index (χ2v) is 9.49. The van der Waals surface area contributed by atoms with Gasteiger partial charge >= 0.3 is 6.18 Å². The number of hydrogen-bond acceptors (Lipinski definition) is 4. The molecule has 10 heteroatoms. The van der Waals surface area contributed by atoms with Crippen LogP contribution >= 0.6 is 11.6 Å². The van der Waals surface area contributed by atoms with Gasteiger partial charge in [-0.2, -0.15) is 18.4 Å².